The minimum atomic E-state index is -0.158. The first kappa shape index (κ1) is 15.3. The molecule has 0 aliphatic heterocycles. The number of para-hydroxylation sites is 1. The highest BCUT2D eigenvalue weighted by Gasteiger charge is 2.15. The predicted octanol–water partition coefficient (Wildman–Crippen LogP) is 1.43. The number of benzene rings is 1. The van der Waals surface area contributed by atoms with Crippen LogP contribution in [0.3, 0.4) is 0 Å². The molecule has 1 rings (SSSR count). The van der Waals surface area contributed by atoms with Crippen LogP contribution in [0.15, 0.2) is 18.2 Å². The van der Waals surface area contributed by atoms with Crippen LogP contribution in [0.4, 0.5) is 0 Å². The molecule has 1 aromatic carbocycles. The van der Waals surface area contributed by atoms with Gasteiger partial charge in [-0.15, -0.1) is 0 Å². The van der Waals surface area contributed by atoms with Crippen molar-refractivity contribution in [1.29, 1.82) is 0 Å². The number of hydrogen-bond acceptors (Lipinski definition) is 4. The van der Waals surface area contributed by atoms with Gasteiger partial charge in [0, 0.05) is 13.1 Å². The summed E-state index contributed by atoms with van der Waals surface area (Å²) in [6.07, 6.45) is 1.08. The van der Waals surface area contributed by atoms with Gasteiger partial charge < -0.3 is 20.1 Å². The summed E-state index contributed by atoms with van der Waals surface area (Å²) in [5, 5.41) is 6.07. The number of rotatable bonds is 8. The minimum Gasteiger partial charge on any atom is -0.493 e. The van der Waals surface area contributed by atoms with E-state index in [9.17, 15) is 4.79 Å². The molecular formula is C14H22N2O3. The first-order chi connectivity index (χ1) is 9.24. The Morgan fingerprint density at radius 3 is 2.58 bits per heavy atom. The average molecular weight is 266 g/mol. The maximum absolute atomic E-state index is 12.1. The number of carbonyl (C=O) groups is 1. The first-order valence-electron chi connectivity index (χ1n) is 6.44. The number of methoxy groups -OCH3 is 2. The van der Waals surface area contributed by atoms with E-state index in [1.165, 1.54) is 7.11 Å². The van der Waals surface area contributed by atoms with Crippen LogP contribution in [-0.2, 0) is 0 Å². The van der Waals surface area contributed by atoms with E-state index in [2.05, 4.69) is 17.6 Å². The van der Waals surface area contributed by atoms with Gasteiger partial charge in [0.25, 0.3) is 5.91 Å². The van der Waals surface area contributed by atoms with Crippen molar-refractivity contribution >= 4 is 5.91 Å². The van der Waals surface area contributed by atoms with E-state index in [1.807, 2.05) is 0 Å². The third kappa shape index (κ3) is 4.44. The second kappa shape index (κ2) is 8.37. The van der Waals surface area contributed by atoms with E-state index >= 15 is 0 Å². The molecule has 0 aliphatic rings. The van der Waals surface area contributed by atoms with Gasteiger partial charge in [0.1, 0.15) is 0 Å². The van der Waals surface area contributed by atoms with Crippen molar-refractivity contribution in [3.63, 3.8) is 0 Å². The molecule has 5 nitrogen and oxygen atoms in total. The molecule has 0 bridgehead atoms. The van der Waals surface area contributed by atoms with E-state index in [-0.39, 0.29) is 5.91 Å². The highest BCUT2D eigenvalue weighted by atomic mass is 16.5. The summed E-state index contributed by atoms with van der Waals surface area (Å²) in [5.74, 6) is 0.859. The van der Waals surface area contributed by atoms with Crippen LogP contribution in [-0.4, -0.2) is 39.8 Å². The molecule has 0 spiro atoms. The van der Waals surface area contributed by atoms with Crippen LogP contribution >= 0.6 is 0 Å². The lowest BCUT2D eigenvalue weighted by Crippen LogP contribution is -2.32. The van der Waals surface area contributed by atoms with Crippen molar-refractivity contribution in [2.75, 3.05) is 33.9 Å². The maximum atomic E-state index is 12.1. The molecule has 0 aromatic heterocycles. The van der Waals surface area contributed by atoms with Gasteiger partial charge in [0.2, 0.25) is 0 Å². The highest BCUT2D eigenvalue weighted by Crippen LogP contribution is 2.30. The fourth-order valence-electron chi connectivity index (χ4n) is 1.73. The maximum Gasteiger partial charge on any atom is 0.255 e. The van der Waals surface area contributed by atoms with Gasteiger partial charge in [-0.05, 0) is 25.1 Å². The fourth-order valence-corrected chi connectivity index (χ4v) is 1.73. The highest BCUT2D eigenvalue weighted by molar-refractivity contribution is 5.97. The Morgan fingerprint density at radius 1 is 1.16 bits per heavy atom. The molecule has 0 fully saturated rings. The van der Waals surface area contributed by atoms with Crippen molar-refractivity contribution in [2.24, 2.45) is 0 Å². The zero-order valence-corrected chi connectivity index (χ0v) is 11.8. The largest absolute Gasteiger partial charge is 0.493 e. The predicted molar refractivity (Wildman–Crippen MR) is 75.0 cm³/mol. The summed E-state index contributed by atoms with van der Waals surface area (Å²) in [7, 11) is 3.08. The second-order valence-electron chi connectivity index (χ2n) is 4.05. The molecule has 0 atom stereocenters. The summed E-state index contributed by atoms with van der Waals surface area (Å²) in [5.41, 5.74) is 0.484. The van der Waals surface area contributed by atoms with Crippen molar-refractivity contribution in [1.82, 2.24) is 10.6 Å². The fraction of sp³-hybridized carbons (Fsp3) is 0.500. The Labute approximate surface area is 114 Å². The molecule has 106 valence electrons. The number of nitrogens with one attached hydrogen (secondary N) is 2. The molecule has 1 aromatic rings. The molecule has 0 heterocycles. The number of amides is 1. The zero-order valence-electron chi connectivity index (χ0n) is 11.8. The van der Waals surface area contributed by atoms with Crippen molar-refractivity contribution in [3.05, 3.63) is 23.8 Å². The van der Waals surface area contributed by atoms with Gasteiger partial charge in [-0.3, -0.25) is 4.79 Å². The van der Waals surface area contributed by atoms with E-state index in [0.717, 1.165) is 19.5 Å². The lowest BCUT2D eigenvalue weighted by Gasteiger charge is -2.12. The molecule has 0 aliphatic carbocycles. The Morgan fingerprint density at radius 2 is 1.95 bits per heavy atom. The Hall–Kier alpha value is -1.75. The molecule has 0 unspecified atom stereocenters. The topological polar surface area (TPSA) is 59.6 Å². The molecule has 5 heteroatoms. The van der Waals surface area contributed by atoms with Gasteiger partial charge in [-0.2, -0.15) is 0 Å². The van der Waals surface area contributed by atoms with Gasteiger partial charge in [0.05, 0.1) is 19.8 Å². The zero-order chi connectivity index (χ0) is 14.1. The van der Waals surface area contributed by atoms with Crippen molar-refractivity contribution in [3.8, 4) is 11.5 Å². The third-order valence-electron chi connectivity index (χ3n) is 2.66. The van der Waals surface area contributed by atoms with Crippen molar-refractivity contribution in [2.45, 2.75) is 13.3 Å². The van der Waals surface area contributed by atoms with E-state index in [4.69, 9.17) is 9.47 Å². The number of hydrogen-bond donors (Lipinski definition) is 2. The summed E-state index contributed by atoms with van der Waals surface area (Å²) < 4.78 is 10.4. The van der Waals surface area contributed by atoms with Crippen LogP contribution in [0.1, 0.15) is 23.7 Å². The summed E-state index contributed by atoms with van der Waals surface area (Å²) in [4.78, 5) is 12.1. The Kier molecular flexibility index (Phi) is 6.74. The lowest BCUT2D eigenvalue weighted by atomic mass is 10.1. The van der Waals surface area contributed by atoms with Crippen LogP contribution in [0.2, 0.25) is 0 Å². The quantitative estimate of drug-likeness (QED) is 0.699. The lowest BCUT2D eigenvalue weighted by molar-refractivity contribution is 0.0950. The number of ether oxygens (including phenoxy) is 2. The van der Waals surface area contributed by atoms with E-state index in [0.29, 0.717) is 23.6 Å². The molecule has 0 radical (unpaired) electrons. The van der Waals surface area contributed by atoms with Crippen molar-refractivity contribution < 1.29 is 14.3 Å². The summed E-state index contributed by atoms with van der Waals surface area (Å²) in [6, 6.07) is 5.25. The van der Waals surface area contributed by atoms with Gasteiger partial charge in [-0.1, -0.05) is 13.0 Å². The summed E-state index contributed by atoms with van der Waals surface area (Å²) >= 11 is 0. The molecule has 19 heavy (non-hydrogen) atoms. The van der Waals surface area contributed by atoms with E-state index in [1.54, 1.807) is 25.3 Å². The molecule has 0 saturated carbocycles. The monoisotopic (exact) mass is 266 g/mol. The normalized spacial score (nSPS) is 10.1. The van der Waals surface area contributed by atoms with Crippen LogP contribution in [0.5, 0.6) is 11.5 Å². The van der Waals surface area contributed by atoms with Gasteiger partial charge in [0.15, 0.2) is 11.5 Å². The summed E-state index contributed by atoms with van der Waals surface area (Å²) in [6.45, 7) is 4.40. The van der Waals surface area contributed by atoms with E-state index < -0.39 is 0 Å². The first-order valence-corrected chi connectivity index (χ1v) is 6.44. The Bertz CT molecular complexity index is 408. The minimum absolute atomic E-state index is 0.158. The second-order valence-corrected chi connectivity index (χ2v) is 4.05. The van der Waals surface area contributed by atoms with Gasteiger partial charge >= 0.3 is 0 Å². The average Bonchev–Trinajstić information content (AvgIpc) is 2.45. The smallest absolute Gasteiger partial charge is 0.255 e. The van der Waals surface area contributed by atoms with Gasteiger partial charge in [-0.25, -0.2) is 0 Å². The van der Waals surface area contributed by atoms with Crippen LogP contribution in [0, 0.1) is 0 Å². The molecular weight excluding hydrogens is 244 g/mol. The molecule has 0 saturated heterocycles. The molecule has 2 N–H and O–H groups in total. The third-order valence-corrected chi connectivity index (χ3v) is 2.66. The SMILES string of the molecule is CCCNCCNC(=O)c1cccc(OC)c1OC. The van der Waals surface area contributed by atoms with Crippen LogP contribution < -0.4 is 20.1 Å². The van der Waals surface area contributed by atoms with Crippen LogP contribution in [0.25, 0.3) is 0 Å². The standard InChI is InChI=1S/C14H22N2O3/c1-4-8-15-9-10-16-14(17)11-6-5-7-12(18-2)13(11)19-3/h5-7,15H,4,8-10H2,1-3H3,(H,16,17). The molecule has 1 amide bonds. The number of carbonyl (C=O) groups excluding carboxylic acids is 1. The Balaban J connectivity index is 2.61.